The van der Waals surface area contributed by atoms with Crippen LogP contribution in [-0.4, -0.2) is 38.6 Å². The van der Waals surface area contributed by atoms with Gasteiger partial charge in [-0.3, -0.25) is 0 Å². The summed E-state index contributed by atoms with van der Waals surface area (Å²) in [7, 11) is -2.92. The van der Waals surface area contributed by atoms with Gasteiger partial charge in [0.05, 0.1) is 11.5 Å². The van der Waals surface area contributed by atoms with Crippen LogP contribution < -0.4 is 10.6 Å². The molecule has 0 aromatic heterocycles. The first-order valence-corrected chi connectivity index (χ1v) is 9.54. The fourth-order valence-electron chi connectivity index (χ4n) is 2.78. The van der Waals surface area contributed by atoms with Crippen LogP contribution in [0.25, 0.3) is 0 Å². The number of hydrogen-bond acceptors (Lipinski definition) is 4. The average molecular weight is 331 g/mol. The quantitative estimate of drug-likeness (QED) is 0.919. The topological polar surface area (TPSA) is 63.4 Å². The smallest absolute Gasteiger partial charge is 0.154 e. The fourth-order valence-corrected chi connectivity index (χ4v) is 4.58. The van der Waals surface area contributed by atoms with Gasteiger partial charge in [-0.25, -0.2) is 8.42 Å². The van der Waals surface area contributed by atoms with Crippen LogP contribution in [-0.2, 0) is 16.3 Å². The molecule has 1 aliphatic rings. The van der Waals surface area contributed by atoms with Crippen molar-refractivity contribution >= 4 is 27.1 Å². The predicted molar refractivity (Wildman–Crippen MR) is 88.9 cm³/mol. The van der Waals surface area contributed by atoms with E-state index in [0.717, 1.165) is 17.7 Å². The molecule has 2 unspecified atom stereocenters. The molecule has 0 saturated carbocycles. The van der Waals surface area contributed by atoms with Crippen molar-refractivity contribution in [1.82, 2.24) is 0 Å². The molecule has 0 amide bonds. The molecule has 0 spiro atoms. The van der Waals surface area contributed by atoms with Crippen molar-refractivity contribution in [2.45, 2.75) is 38.8 Å². The number of sulfone groups is 1. The predicted octanol–water partition coefficient (Wildman–Crippen LogP) is 2.24. The van der Waals surface area contributed by atoms with Crippen LogP contribution in [0.3, 0.4) is 0 Å². The Kier molecular flexibility index (Phi) is 5.17. The molecule has 118 valence electrons. The number of hydrogen-bond donors (Lipinski definition) is 1. The molecule has 1 aromatic rings. The van der Waals surface area contributed by atoms with Crippen molar-refractivity contribution in [3.8, 4) is 0 Å². The first-order chi connectivity index (χ1) is 9.84. The third-order valence-electron chi connectivity index (χ3n) is 4.06. The molecule has 2 N–H and O–H groups in total. The number of rotatable bonds is 4. The van der Waals surface area contributed by atoms with E-state index in [4.69, 9.17) is 17.3 Å². The van der Waals surface area contributed by atoms with Gasteiger partial charge in [0.25, 0.3) is 0 Å². The molecule has 1 aromatic carbocycles. The molecule has 0 radical (unpaired) electrons. The Bertz CT molecular complexity index is 604. The van der Waals surface area contributed by atoms with E-state index in [2.05, 4.69) is 11.8 Å². The van der Waals surface area contributed by atoms with Gasteiger partial charge in [0.1, 0.15) is 0 Å². The monoisotopic (exact) mass is 330 g/mol. The van der Waals surface area contributed by atoms with E-state index in [0.29, 0.717) is 18.0 Å². The summed E-state index contributed by atoms with van der Waals surface area (Å²) in [6.45, 7) is 4.51. The van der Waals surface area contributed by atoms with Gasteiger partial charge < -0.3 is 10.6 Å². The van der Waals surface area contributed by atoms with E-state index in [1.54, 1.807) is 0 Å². The van der Waals surface area contributed by atoms with Gasteiger partial charge in [-0.1, -0.05) is 24.6 Å². The summed E-state index contributed by atoms with van der Waals surface area (Å²) in [4.78, 5) is 2.14. The third kappa shape index (κ3) is 3.90. The summed E-state index contributed by atoms with van der Waals surface area (Å²) in [5, 5.41) is 0.706. The minimum atomic E-state index is -2.92. The molecular formula is C15H23ClN2O2S. The van der Waals surface area contributed by atoms with Crippen LogP contribution in [0.1, 0.15) is 25.8 Å². The zero-order valence-corrected chi connectivity index (χ0v) is 14.1. The Morgan fingerprint density at radius 2 is 2.19 bits per heavy atom. The summed E-state index contributed by atoms with van der Waals surface area (Å²) in [6, 6.07) is 5.81. The second-order valence-electron chi connectivity index (χ2n) is 5.77. The van der Waals surface area contributed by atoms with Crippen LogP contribution in [0.5, 0.6) is 0 Å². The average Bonchev–Trinajstić information content (AvgIpc) is 2.40. The third-order valence-corrected chi connectivity index (χ3v) is 6.21. The van der Waals surface area contributed by atoms with E-state index < -0.39 is 9.84 Å². The molecule has 2 atom stereocenters. The van der Waals surface area contributed by atoms with Gasteiger partial charge in [0, 0.05) is 29.3 Å². The standard InChI is InChI=1S/C15H23ClN2O2S/c1-3-12(17)9-13-14(16)5-4-6-15(13)18-7-8-21(19,20)10-11(18)2/h4-6,11-12H,3,7-10,17H2,1-2H3. The summed E-state index contributed by atoms with van der Waals surface area (Å²) < 4.78 is 23.5. The van der Waals surface area contributed by atoms with Crippen molar-refractivity contribution in [3.63, 3.8) is 0 Å². The Hall–Kier alpha value is -0.780. The number of anilines is 1. The highest BCUT2D eigenvalue weighted by Gasteiger charge is 2.29. The Morgan fingerprint density at radius 1 is 1.48 bits per heavy atom. The highest BCUT2D eigenvalue weighted by Crippen LogP contribution is 2.31. The maximum absolute atomic E-state index is 11.7. The summed E-state index contributed by atoms with van der Waals surface area (Å²) in [5.41, 5.74) is 8.13. The van der Waals surface area contributed by atoms with Gasteiger partial charge >= 0.3 is 0 Å². The van der Waals surface area contributed by atoms with Crippen LogP contribution in [0.15, 0.2) is 18.2 Å². The van der Waals surface area contributed by atoms with Crippen molar-refractivity contribution in [3.05, 3.63) is 28.8 Å². The van der Waals surface area contributed by atoms with Crippen molar-refractivity contribution in [2.75, 3.05) is 23.0 Å². The number of nitrogens with zero attached hydrogens (tertiary/aromatic N) is 1. The molecule has 21 heavy (non-hydrogen) atoms. The maximum atomic E-state index is 11.7. The maximum Gasteiger partial charge on any atom is 0.154 e. The van der Waals surface area contributed by atoms with E-state index in [1.165, 1.54) is 0 Å². The molecular weight excluding hydrogens is 308 g/mol. The van der Waals surface area contributed by atoms with Crippen LogP contribution in [0.2, 0.25) is 5.02 Å². The number of halogens is 1. The van der Waals surface area contributed by atoms with Crippen LogP contribution in [0, 0.1) is 0 Å². The Morgan fingerprint density at radius 3 is 2.81 bits per heavy atom. The molecule has 6 heteroatoms. The molecule has 1 aliphatic heterocycles. The van der Waals surface area contributed by atoms with Crippen LogP contribution >= 0.6 is 11.6 Å². The van der Waals surface area contributed by atoms with Gasteiger partial charge in [0.15, 0.2) is 9.84 Å². The lowest BCUT2D eigenvalue weighted by atomic mass is 10.0. The Labute approximate surface area is 132 Å². The highest BCUT2D eigenvalue weighted by molar-refractivity contribution is 7.91. The van der Waals surface area contributed by atoms with E-state index in [9.17, 15) is 8.42 Å². The molecule has 1 heterocycles. The van der Waals surface area contributed by atoms with Crippen molar-refractivity contribution in [1.29, 1.82) is 0 Å². The lowest BCUT2D eigenvalue weighted by Crippen LogP contribution is -2.47. The molecule has 0 bridgehead atoms. The molecule has 1 fully saturated rings. The molecule has 4 nitrogen and oxygen atoms in total. The van der Waals surface area contributed by atoms with Gasteiger partial charge in [-0.15, -0.1) is 0 Å². The lowest BCUT2D eigenvalue weighted by Gasteiger charge is -2.37. The first kappa shape index (κ1) is 16.6. The lowest BCUT2D eigenvalue weighted by molar-refractivity contribution is 0.567. The normalized spacial score (nSPS) is 23.0. The van der Waals surface area contributed by atoms with E-state index in [-0.39, 0.29) is 23.6 Å². The van der Waals surface area contributed by atoms with E-state index in [1.807, 2.05) is 25.1 Å². The minimum absolute atomic E-state index is 0.0428. The molecule has 1 saturated heterocycles. The first-order valence-electron chi connectivity index (χ1n) is 7.34. The largest absolute Gasteiger partial charge is 0.367 e. The molecule has 0 aliphatic carbocycles. The molecule has 2 rings (SSSR count). The number of nitrogens with two attached hydrogens (primary N) is 1. The zero-order chi connectivity index (χ0) is 15.6. The van der Waals surface area contributed by atoms with Gasteiger partial charge in [-0.05, 0) is 37.5 Å². The van der Waals surface area contributed by atoms with Gasteiger partial charge in [-0.2, -0.15) is 0 Å². The SMILES string of the molecule is CCC(N)Cc1c(Cl)cccc1N1CCS(=O)(=O)CC1C. The zero-order valence-electron chi connectivity index (χ0n) is 12.5. The fraction of sp³-hybridized carbons (Fsp3) is 0.600. The summed E-state index contributed by atoms with van der Waals surface area (Å²) in [5.74, 6) is 0.391. The van der Waals surface area contributed by atoms with Crippen LogP contribution in [0.4, 0.5) is 5.69 Å². The summed E-state index contributed by atoms with van der Waals surface area (Å²) >= 11 is 6.35. The minimum Gasteiger partial charge on any atom is -0.367 e. The van der Waals surface area contributed by atoms with Crippen molar-refractivity contribution < 1.29 is 8.42 Å². The summed E-state index contributed by atoms with van der Waals surface area (Å²) in [6.07, 6.45) is 1.59. The second kappa shape index (κ2) is 6.55. The number of benzene rings is 1. The Balaban J connectivity index is 2.33. The van der Waals surface area contributed by atoms with Gasteiger partial charge in [0.2, 0.25) is 0 Å². The van der Waals surface area contributed by atoms with E-state index >= 15 is 0 Å². The highest BCUT2D eigenvalue weighted by atomic mass is 35.5. The van der Waals surface area contributed by atoms with Crippen molar-refractivity contribution in [2.24, 2.45) is 5.73 Å². The second-order valence-corrected chi connectivity index (χ2v) is 8.40.